The molecule has 0 radical (unpaired) electrons. The van der Waals surface area contributed by atoms with Gasteiger partial charge in [0, 0.05) is 36.7 Å². The van der Waals surface area contributed by atoms with Gasteiger partial charge >= 0.3 is 0 Å². The topological polar surface area (TPSA) is 44.0 Å². The largest absolute Gasteiger partial charge is 0.359 e. The van der Waals surface area contributed by atoms with E-state index in [0.29, 0.717) is 0 Å². The molecule has 0 unspecified atom stereocenters. The van der Waals surface area contributed by atoms with Crippen molar-refractivity contribution in [3.63, 3.8) is 0 Å². The number of H-pyrrole nitrogens is 1. The zero-order chi connectivity index (χ0) is 16.4. The molecule has 1 aliphatic heterocycles. The number of rotatable bonds is 2. The maximum Gasteiger partial charge on any atom is 0.173 e. The Hall–Kier alpha value is -2.66. The summed E-state index contributed by atoms with van der Waals surface area (Å²) in [6.45, 7) is 1.72. The van der Waals surface area contributed by atoms with Crippen LogP contribution in [0.1, 0.15) is 12.0 Å². The third-order valence-corrected chi connectivity index (χ3v) is 4.66. The Labute approximate surface area is 146 Å². The minimum absolute atomic E-state index is 0.772. The first kappa shape index (κ1) is 14.9. The van der Waals surface area contributed by atoms with Crippen molar-refractivity contribution in [1.82, 2.24) is 14.9 Å². The molecule has 4 nitrogen and oxygen atoms in total. The molecule has 0 saturated heterocycles. The molecule has 4 rings (SSSR count). The SMILES string of the molecule is S=C(Nc1ccccc1)N1CC=C(c2c[nH]c3cccnc23)CC1. The van der Waals surface area contributed by atoms with E-state index in [1.807, 2.05) is 42.6 Å². The molecule has 120 valence electrons. The fourth-order valence-electron chi connectivity index (χ4n) is 3.02. The zero-order valence-corrected chi connectivity index (χ0v) is 14.0. The van der Waals surface area contributed by atoms with E-state index in [1.165, 1.54) is 11.1 Å². The Morgan fingerprint density at radius 2 is 2.04 bits per heavy atom. The highest BCUT2D eigenvalue weighted by molar-refractivity contribution is 7.80. The highest BCUT2D eigenvalue weighted by Crippen LogP contribution is 2.28. The summed E-state index contributed by atoms with van der Waals surface area (Å²) in [5.74, 6) is 0. The number of nitrogens with zero attached hydrogens (tertiary/aromatic N) is 2. The van der Waals surface area contributed by atoms with Gasteiger partial charge in [-0.3, -0.25) is 4.98 Å². The van der Waals surface area contributed by atoms with Crippen LogP contribution in [0.15, 0.2) is 60.9 Å². The van der Waals surface area contributed by atoms with Gasteiger partial charge in [-0.2, -0.15) is 0 Å². The van der Waals surface area contributed by atoms with Crippen molar-refractivity contribution in [3.8, 4) is 0 Å². The number of hydrogen-bond donors (Lipinski definition) is 2. The van der Waals surface area contributed by atoms with Gasteiger partial charge in [-0.05, 0) is 48.5 Å². The van der Waals surface area contributed by atoms with Gasteiger partial charge in [-0.15, -0.1) is 0 Å². The summed E-state index contributed by atoms with van der Waals surface area (Å²) in [7, 11) is 0. The van der Waals surface area contributed by atoms with E-state index >= 15 is 0 Å². The van der Waals surface area contributed by atoms with Crippen LogP contribution in [0.4, 0.5) is 5.69 Å². The summed E-state index contributed by atoms with van der Waals surface area (Å²) in [5, 5.41) is 4.07. The molecule has 5 heteroatoms. The number of thiocarbonyl (C=S) groups is 1. The monoisotopic (exact) mass is 334 g/mol. The van der Waals surface area contributed by atoms with Crippen molar-refractivity contribution in [2.24, 2.45) is 0 Å². The van der Waals surface area contributed by atoms with Crippen molar-refractivity contribution in [1.29, 1.82) is 0 Å². The Morgan fingerprint density at radius 1 is 1.17 bits per heavy atom. The number of aromatic amines is 1. The van der Waals surface area contributed by atoms with Crippen LogP contribution >= 0.6 is 12.2 Å². The van der Waals surface area contributed by atoms with Gasteiger partial charge in [-0.1, -0.05) is 24.3 Å². The van der Waals surface area contributed by atoms with Crippen molar-refractivity contribution in [2.45, 2.75) is 6.42 Å². The summed E-state index contributed by atoms with van der Waals surface area (Å²) >= 11 is 5.54. The molecule has 0 spiro atoms. The molecular weight excluding hydrogens is 316 g/mol. The van der Waals surface area contributed by atoms with E-state index < -0.39 is 0 Å². The average Bonchev–Trinajstić information content (AvgIpc) is 3.07. The van der Waals surface area contributed by atoms with Crippen molar-refractivity contribution in [3.05, 3.63) is 66.5 Å². The van der Waals surface area contributed by atoms with Gasteiger partial charge in [0.25, 0.3) is 0 Å². The number of benzene rings is 1. The number of fused-ring (bicyclic) bond motifs is 1. The Kier molecular flexibility index (Phi) is 4.01. The van der Waals surface area contributed by atoms with E-state index in [-0.39, 0.29) is 0 Å². The lowest BCUT2D eigenvalue weighted by atomic mass is 10.0. The van der Waals surface area contributed by atoms with Crippen LogP contribution in [-0.4, -0.2) is 33.1 Å². The molecule has 0 saturated carbocycles. The lowest BCUT2D eigenvalue weighted by molar-refractivity contribution is 0.466. The molecule has 3 heterocycles. The third-order valence-electron chi connectivity index (χ3n) is 4.30. The predicted molar refractivity (Wildman–Crippen MR) is 103 cm³/mol. The van der Waals surface area contributed by atoms with E-state index in [2.05, 4.69) is 38.5 Å². The van der Waals surface area contributed by atoms with Crippen LogP contribution in [0.5, 0.6) is 0 Å². The summed E-state index contributed by atoms with van der Waals surface area (Å²) in [5.41, 5.74) is 5.68. The van der Waals surface area contributed by atoms with Gasteiger partial charge in [0.15, 0.2) is 5.11 Å². The van der Waals surface area contributed by atoms with Crippen LogP contribution in [-0.2, 0) is 0 Å². The molecule has 3 aromatic rings. The lowest BCUT2D eigenvalue weighted by Gasteiger charge is -2.29. The smallest absolute Gasteiger partial charge is 0.173 e. The highest BCUT2D eigenvalue weighted by atomic mass is 32.1. The van der Waals surface area contributed by atoms with E-state index in [9.17, 15) is 0 Å². The number of hydrogen-bond acceptors (Lipinski definition) is 2. The van der Waals surface area contributed by atoms with Crippen molar-refractivity contribution >= 4 is 39.6 Å². The second-order valence-corrected chi connectivity index (χ2v) is 6.21. The highest BCUT2D eigenvalue weighted by Gasteiger charge is 2.17. The number of aromatic nitrogens is 2. The predicted octanol–water partition coefficient (Wildman–Crippen LogP) is 4.05. The maximum atomic E-state index is 5.54. The second-order valence-electron chi connectivity index (χ2n) is 5.82. The van der Waals surface area contributed by atoms with Gasteiger partial charge in [0.1, 0.15) is 0 Å². The molecule has 1 aromatic carbocycles. The summed E-state index contributed by atoms with van der Waals surface area (Å²) in [6, 6.07) is 14.1. The molecule has 0 aliphatic carbocycles. The zero-order valence-electron chi connectivity index (χ0n) is 13.2. The van der Waals surface area contributed by atoms with Gasteiger partial charge in [-0.25, -0.2) is 0 Å². The molecule has 0 bridgehead atoms. The summed E-state index contributed by atoms with van der Waals surface area (Å²) in [6.07, 6.45) is 7.11. The van der Waals surface area contributed by atoms with Crippen LogP contribution in [0.2, 0.25) is 0 Å². The van der Waals surface area contributed by atoms with E-state index in [0.717, 1.165) is 41.3 Å². The van der Waals surface area contributed by atoms with Crippen LogP contribution in [0, 0.1) is 0 Å². The molecular formula is C19H18N4S. The number of nitrogens with one attached hydrogen (secondary N) is 2. The summed E-state index contributed by atoms with van der Waals surface area (Å²) < 4.78 is 0. The van der Waals surface area contributed by atoms with Crippen LogP contribution in [0.25, 0.3) is 16.6 Å². The van der Waals surface area contributed by atoms with Gasteiger partial charge in [0.05, 0.1) is 11.0 Å². The first-order chi connectivity index (χ1) is 11.8. The minimum Gasteiger partial charge on any atom is -0.359 e. The molecule has 0 amide bonds. The van der Waals surface area contributed by atoms with E-state index in [1.54, 1.807) is 0 Å². The fourth-order valence-corrected chi connectivity index (χ4v) is 3.31. The Balaban J connectivity index is 1.48. The Bertz CT molecular complexity index is 898. The van der Waals surface area contributed by atoms with Gasteiger partial charge < -0.3 is 15.2 Å². The lowest BCUT2D eigenvalue weighted by Crippen LogP contribution is -2.37. The number of para-hydroxylation sites is 1. The molecule has 1 aliphatic rings. The minimum atomic E-state index is 0.772. The van der Waals surface area contributed by atoms with Crippen molar-refractivity contribution < 1.29 is 0 Å². The van der Waals surface area contributed by atoms with E-state index in [4.69, 9.17) is 12.2 Å². The third kappa shape index (κ3) is 2.90. The molecule has 0 fully saturated rings. The van der Waals surface area contributed by atoms with Crippen molar-refractivity contribution in [2.75, 3.05) is 18.4 Å². The number of anilines is 1. The first-order valence-corrected chi connectivity index (χ1v) is 8.44. The second kappa shape index (κ2) is 6.45. The quantitative estimate of drug-likeness (QED) is 0.694. The normalized spacial score (nSPS) is 14.5. The average molecular weight is 334 g/mol. The van der Waals surface area contributed by atoms with Crippen LogP contribution in [0.3, 0.4) is 0 Å². The maximum absolute atomic E-state index is 5.54. The van der Waals surface area contributed by atoms with Gasteiger partial charge in [0.2, 0.25) is 0 Å². The number of pyridine rings is 1. The molecule has 2 aromatic heterocycles. The summed E-state index contributed by atoms with van der Waals surface area (Å²) in [4.78, 5) is 9.99. The standard InChI is InChI=1S/C19H18N4S/c24-19(22-15-5-2-1-3-6-15)23-11-8-14(9-12-23)16-13-21-17-7-4-10-20-18(16)17/h1-8,10,13,21H,9,11-12H2,(H,22,24). The first-order valence-electron chi connectivity index (χ1n) is 8.04. The fraction of sp³-hybridized carbons (Fsp3) is 0.158. The molecule has 0 atom stereocenters. The Morgan fingerprint density at radius 3 is 2.83 bits per heavy atom. The molecule has 24 heavy (non-hydrogen) atoms. The van der Waals surface area contributed by atoms with Crippen LogP contribution < -0.4 is 5.32 Å². The molecule has 2 N–H and O–H groups in total.